The summed E-state index contributed by atoms with van der Waals surface area (Å²) in [4.78, 5) is 2.33. The van der Waals surface area contributed by atoms with Gasteiger partial charge in [-0.2, -0.15) is 0 Å². The second-order valence-electron chi connectivity index (χ2n) is 5.08. The Bertz CT molecular complexity index is 386. The van der Waals surface area contributed by atoms with Crippen molar-refractivity contribution < 1.29 is 0 Å². The van der Waals surface area contributed by atoms with Crippen LogP contribution in [0.25, 0.3) is 0 Å². The van der Waals surface area contributed by atoms with E-state index >= 15 is 0 Å². The van der Waals surface area contributed by atoms with E-state index in [1.165, 1.54) is 11.1 Å². The van der Waals surface area contributed by atoms with Gasteiger partial charge in [-0.05, 0) is 11.1 Å². The second kappa shape index (κ2) is 8.68. The zero-order chi connectivity index (χ0) is 14.1. The zero-order valence-electron chi connectivity index (χ0n) is 12.2. The Morgan fingerprint density at radius 3 is 2.21 bits per heavy atom. The first-order chi connectivity index (χ1) is 9.17. The summed E-state index contributed by atoms with van der Waals surface area (Å²) in [5.74, 6) is 0. The minimum atomic E-state index is 0.505. The molecule has 19 heavy (non-hydrogen) atoms. The average molecular weight is 258 g/mol. The van der Waals surface area contributed by atoms with Crippen molar-refractivity contribution in [2.24, 2.45) is 0 Å². The summed E-state index contributed by atoms with van der Waals surface area (Å²) in [5.41, 5.74) is 2.74. The molecule has 1 rings (SSSR count). The maximum absolute atomic E-state index is 3.82. The molecule has 2 nitrogen and oxygen atoms in total. The Balaban J connectivity index is 2.74. The summed E-state index contributed by atoms with van der Waals surface area (Å²) in [7, 11) is 0. The lowest BCUT2D eigenvalue weighted by molar-refractivity contribution is 0.326. The van der Waals surface area contributed by atoms with Gasteiger partial charge >= 0.3 is 0 Å². The fourth-order valence-electron chi connectivity index (χ4n) is 2.01. The standard InChI is InChI=1S/C17H26N2/c1-5-11-19(12-6-2)14-17-10-8-7-9-16(17)13-18-15(3)4/h5-10,15,18H,1-2,11-14H2,3-4H3. The number of benzene rings is 1. The minimum absolute atomic E-state index is 0.505. The summed E-state index contributed by atoms with van der Waals surface area (Å²) in [5, 5.41) is 3.48. The maximum atomic E-state index is 3.82. The normalized spacial score (nSPS) is 10.9. The van der Waals surface area contributed by atoms with Gasteiger partial charge in [0, 0.05) is 32.2 Å². The number of nitrogens with one attached hydrogen (secondary N) is 1. The summed E-state index contributed by atoms with van der Waals surface area (Å²) in [6.07, 6.45) is 3.89. The molecule has 104 valence electrons. The molecule has 0 fully saturated rings. The van der Waals surface area contributed by atoms with Crippen LogP contribution in [-0.4, -0.2) is 24.0 Å². The maximum Gasteiger partial charge on any atom is 0.0243 e. The molecule has 0 bridgehead atoms. The first-order valence-corrected chi connectivity index (χ1v) is 6.91. The van der Waals surface area contributed by atoms with Crippen molar-refractivity contribution in [3.05, 3.63) is 60.7 Å². The molecule has 2 heteroatoms. The van der Waals surface area contributed by atoms with Crippen molar-refractivity contribution in [1.29, 1.82) is 0 Å². The Labute approximate surface area is 117 Å². The molecule has 0 aliphatic carbocycles. The van der Waals surface area contributed by atoms with Crippen LogP contribution in [0.15, 0.2) is 49.6 Å². The van der Waals surface area contributed by atoms with E-state index in [2.05, 4.69) is 61.5 Å². The highest BCUT2D eigenvalue weighted by atomic mass is 15.1. The Hall–Kier alpha value is -1.38. The number of hydrogen-bond acceptors (Lipinski definition) is 2. The Kier molecular flexibility index (Phi) is 7.16. The number of hydrogen-bond donors (Lipinski definition) is 1. The molecule has 0 aliphatic rings. The van der Waals surface area contributed by atoms with Gasteiger partial charge in [-0.3, -0.25) is 4.90 Å². The van der Waals surface area contributed by atoms with Crippen LogP contribution >= 0.6 is 0 Å². The second-order valence-corrected chi connectivity index (χ2v) is 5.08. The molecule has 1 aromatic carbocycles. The van der Waals surface area contributed by atoms with Gasteiger partial charge in [0.05, 0.1) is 0 Å². The average Bonchev–Trinajstić information content (AvgIpc) is 2.38. The summed E-state index contributed by atoms with van der Waals surface area (Å²) in [6, 6.07) is 9.12. The molecular formula is C17H26N2. The molecule has 0 spiro atoms. The largest absolute Gasteiger partial charge is 0.310 e. The van der Waals surface area contributed by atoms with Crippen molar-refractivity contribution in [2.45, 2.75) is 33.0 Å². The fraction of sp³-hybridized carbons (Fsp3) is 0.412. The molecule has 0 radical (unpaired) electrons. The molecule has 0 aliphatic heterocycles. The van der Waals surface area contributed by atoms with Crippen LogP contribution in [0, 0.1) is 0 Å². The van der Waals surface area contributed by atoms with Crippen LogP contribution in [0.5, 0.6) is 0 Å². The lowest BCUT2D eigenvalue weighted by atomic mass is 10.1. The van der Waals surface area contributed by atoms with E-state index in [1.807, 2.05) is 12.2 Å². The molecule has 0 saturated carbocycles. The van der Waals surface area contributed by atoms with E-state index < -0.39 is 0 Å². The van der Waals surface area contributed by atoms with Gasteiger partial charge < -0.3 is 5.32 Å². The predicted octanol–water partition coefficient (Wildman–Crippen LogP) is 3.36. The third kappa shape index (κ3) is 5.86. The molecule has 1 aromatic rings. The smallest absolute Gasteiger partial charge is 0.0243 e. The molecule has 0 amide bonds. The molecule has 0 saturated heterocycles. The Morgan fingerprint density at radius 1 is 1.11 bits per heavy atom. The van der Waals surface area contributed by atoms with Crippen molar-refractivity contribution >= 4 is 0 Å². The van der Waals surface area contributed by atoms with Crippen molar-refractivity contribution in [3.63, 3.8) is 0 Å². The van der Waals surface area contributed by atoms with Gasteiger partial charge in [-0.25, -0.2) is 0 Å². The third-order valence-corrected chi connectivity index (χ3v) is 2.99. The van der Waals surface area contributed by atoms with Crippen molar-refractivity contribution in [3.8, 4) is 0 Å². The third-order valence-electron chi connectivity index (χ3n) is 2.99. The number of rotatable bonds is 9. The van der Waals surface area contributed by atoms with Crippen molar-refractivity contribution in [2.75, 3.05) is 13.1 Å². The molecule has 0 atom stereocenters. The van der Waals surface area contributed by atoms with E-state index in [0.717, 1.165) is 26.2 Å². The van der Waals surface area contributed by atoms with Gasteiger partial charge in [0.1, 0.15) is 0 Å². The first-order valence-electron chi connectivity index (χ1n) is 6.91. The summed E-state index contributed by atoms with van der Waals surface area (Å²) < 4.78 is 0. The molecule has 0 unspecified atom stereocenters. The van der Waals surface area contributed by atoms with Gasteiger partial charge in [0.15, 0.2) is 0 Å². The number of nitrogens with zero attached hydrogens (tertiary/aromatic N) is 1. The first kappa shape index (κ1) is 15.7. The topological polar surface area (TPSA) is 15.3 Å². The highest BCUT2D eigenvalue weighted by Crippen LogP contribution is 2.12. The van der Waals surface area contributed by atoms with Crippen LogP contribution in [0.1, 0.15) is 25.0 Å². The van der Waals surface area contributed by atoms with Gasteiger partial charge in [0.2, 0.25) is 0 Å². The van der Waals surface area contributed by atoms with E-state index in [1.54, 1.807) is 0 Å². The summed E-state index contributed by atoms with van der Waals surface area (Å²) >= 11 is 0. The van der Waals surface area contributed by atoms with E-state index in [4.69, 9.17) is 0 Å². The molecular weight excluding hydrogens is 232 g/mol. The molecule has 0 aromatic heterocycles. The Morgan fingerprint density at radius 2 is 1.68 bits per heavy atom. The minimum Gasteiger partial charge on any atom is -0.310 e. The van der Waals surface area contributed by atoms with Crippen LogP contribution < -0.4 is 5.32 Å². The monoisotopic (exact) mass is 258 g/mol. The van der Waals surface area contributed by atoms with Crippen LogP contribution in [0.3, 0.4) is 0 Å². The lowest BCUT2D eigenvalue weighted by Crippen LogP contribution is -2.26. The fourth-order valence-corrected chi connectivity index (χ4v) is 2.01. The SMILES string of the molecule is C=CCN(CC=C)Cc1ccccc1CNC(C)C. The van der Waals surface area contributed by atoms with Crippen LogP contribution in [0.2, 0.25) is 0 Å². The van der Waals surface area contributed by atoms with E-state index in [0.29, 0.717) is 6.04 Å². The quantitative estimate of drug-likeness (QED) is 0.683. The molecule has 1 N–H and O–H groups in total. The zero-order valence-corrected chi connectivity index (χ0v) is 12.2. The lowest BCUT2D eigenvalue weighted by Gasteiger charge is -2.21. The molecule has 0 heterocycles. The van der Waals surface area contributed by atoms with Gasteiger partial charge in [-0.1, -0.05) is 50.3 Å². The van der Waals surface area contributed by atoms with Gasteiger partial charge in [-0.15, -0.1) is 13.2 Å². The van der Waals surface area contributed by atoms with Crippen LogP contribution in [0.4, 0.5) is 0 Å². The van der Waals surface area contributed by atoms with Gasteiger partial charge in [0.25, 0.3) is 0 Å². The van der Waals surface area contributed by atoms with E-state index in [-0.39, 0.29) is 0 Å². The highest BCUT2D eigenvalue weighted by Gasteiger charge is 2.07. The summed E-state index contributed by atoms with van der Waals surface area (Å²) in [6.45, 7) is 15.6. The van der Waals surface area contributed by atoms with E-state index in [9.17, 15) is 0 Å². The van der Waals surface area contributed by atoms with Crippen LogP contribution in [-0.2, 0) is 13.1 Å². The van der Waals surface area contributed by atoms with Crippen molar-refractivity contribution in [1.82, 2.24) is 10.2 Å². The predicted molar refractivity (Wildman–Crippen MR) is 84.1 cm³/mol. The highest BCUT2D eigenvalue weighted by molar-refractivity contribution is 5.27.